The molecule has 4 rings (SSSR count). The third-order valence-electron chi connectivity index (χ3n) is 5.83. The van der Waals surface area contributed by atoms with Crippen molar-refractivity contribution >= 4 is 22.8 Å². The van der Waals surface area contributed by atoms with E-state index in [0.29, 0.717) is 23.1 Å². The summed E-state index contributed by atoms with van der Waals surface area (Å²) in [7, 11) is 0. The van der Waals surface area contributed by atoms with E-state index >= 15 is 0 Å². The Hall–Kier alpha value is -3.61. The summed E-state index contributed by atoms with van der Waals surface area (Å²) >= 11 is 0. The lowest BCUT2D eigenvalue weighted by Gasteiger charge is -2.25. The van der Waals surface area contributed by atoms with Crippen LogP contribution in [0.1, 0.15) is 36.1 Å². The molecule has 1 fully saturated rings. The van der Waals surface area contributed by atoms with Gasteiger partial charge in [0.2, 0.25) is 5.91 Å². The number of aryl methyl sites for hydroxylation is 1. The topological polar surface area (TPSA) is 97.0 Å². The monoisotopic (exact) mass is 421 g/mol. The highest BCUT2D eigenvalue weighted by Gasteiger charge is 2.38. The van der Waals surface area contributed by atoms with Crippen LogP contribution in [0, 0.1) is 12.8 Å². The summed E-state index contributed by atoms with van der Waals surface area (Å²) in [6.45, 7) is 3.75. The van der Waals surface area contributed by atoms with Gasteiger partial charge in [-0.2, -0.15) is 0 Å². The summed E-state index contributed by atoms with van der Waals surface area (Å²) in [6, 6.07) is 13.9. The number of likely N-dealkylation sites (tertiary alicyclic amines) is 1. The maximum atomic E-state index is 12.7. The van der Waals surface area contributed by atoms with Crippen molar-refractivity contribution in [3.05, 3.63) is 75.6 Å². The summed E-state index contributed by atoms with van der Waals surface area (Å²) in [5.74, 6) is -1.11. The highest BCUT2D eigenvalue weighted by atomic mass is 16.5. The molecule has 31 heavy (non-hydrogen) atoms. The lowest BCUT2D eigenvalue weighted by molar-refractivity contribution is -0.149. The lowest BCUT2D eigenvalue weighted by atomic mass is 10.1. The van der Waals surface area contributed by atoms with E-state index in [0.717, 1.165) is 5.56 Å². The molecule has 0 radical (unpaired) electrons. The number of fused-ring (bicyclic) bond motifs is 1. The molecule has 0 bridgehead atoms. The highest BCUT2D eigenvalue weighted by molar-refractivity contribution is 5.88. The van der Waals surface area contributed by atoms with Gasteiger partial charge in [0.25, 0.3) is 0 Å². The van der Waals surface area contributed by atoms with Crippen molar-refractivity contribution in [1.29, 1.82) is 0 Å². The molecule has 1 N–H and O–H groups in total. The summed E-state index contributed by atoms with van der Waals surface area (Å²) in [5, 5.41) is 10.4. The number of phenols is 1. The van der Waals surface area contributed by atoms with Gasteiger partial charge in [0, 0.05) is 35.5 Å². The van der Waals surface area contributed by atoms with Crippen molar-refractivity contribution in [1.82, 2.24) is 4.90 Å². The predicted molar refractivity (Wildman–Crippen MR) is 113 cm³/mol. The molecule has 2 atom stereocenters. The number of benzene rings is 2. The van der Waals surface area contributed by atoms with Gasteiger partial charge in [-0.15, -0.1) is 0 Å². The van der Waals surface area contributed by atoms with Crippen LogP contribution in [0.2, 0.25) is 0 Å². The summed E-state index contributed by atoms with van der Waals surface area (Å²) < 4.78 is 10.7. The minimum Gasteiger partial charge on any atom is -0.508 e. The first-order chi connectivity index (χ1) is 14.8. The van der Waals surface area contributed by atoms with Gasteiger partial charge >= 0.3 is 11.6 Å². The van der Waals surface area contributed by atoms with E-state index in [4.69, 9.17) is 9.15 Å². The molecule has 0 saturated carbocycles. The Labute approximate surface area is 178 Å². The number of hydrogen-bond acceptors (Lipinski definition) is 6. The van der Waals surface area contributed by atoms with Crippen LogP contribution >= 0.6 is 0 Å². The molecule has 1 aromatic heterocycles. The Bertz CT molecular complexity index is 1200. The zero-order valence-corrected chi connectivity index (χ0v) is 17.3. The van der Waals surface area contributed by atoms with E-state index in [1.165, 1.54) is 12.1 Å². The number of rotatable bonds is 5. The van der Waals surface area contributed by atoms with Crippen LogP contribution in [-0.2, 0) is 20.9 Å². The average molecular weight is 421 g/mol. The van der Waals surface area contributed by atoms with Crippen molar-refractivity contribution in [3.8, 4) is 5.75 Å². The standard InChI is InChI=1S/C24H23NO6/c1-14-20(26)9-8-19-18(11-22(28)31-23(14)19)13-30-24(29)17-10-21(27)25(12-17)15(2)16-6-4-3-5-7-16/h3-9,11,15,17,26H,10,12-13H2,1-2H3/t15-,17-/m0/s1. The van der Waals surface area contributed by atoms with Crippen molar-refractivity contribution in [2.24, 2.45) is 5.92 Å². The zero-order chi connectivity index (χ0) is 22.1. The fourth-order valence-corrected chi connectivity index (χ4v) is 3.98. The van der Waals surface area contributed by atoms with Gasteiger partial charge in [-0.25, -0.2) is 4.79 Å². The minimum absolute atomic E-state index is 0.0156. The third-order valence-corrected chi connectivity index (χ3v) is 5.83. The molecule has 160 valence electrons. The van der Waals surface area contributed by atoms with E-state index < -0.39 is 17.5 Å². The molecule has 0 unspecified atom stereocenters. The second-order valence-electron chi connectivity index (χ2n) is 7.82. The minimum atomic E-state index is -0.592. The molecule has 1 saturated heterocycles. The van der Waals surface area contributed by atoms with Gasteiger partial charge in [-0.1, -0.05) is 30.3 Å². The maximum Gasteiger partial charge on any atom is 0.336 e. The molecule has 1 aliphatic rings. The Morgan fingerprint density at radius 2 is 1.97 bits per heavy atom. The smallest absolute Gasteiger partial charge is 0.336 e. The number of carbonyl (C=O) groups excluding carboxylic acids is 2. The van der Waals surface area contributed by atoms with Crippen LogP contribution in [0.15, 0.2) is 57.7 Å². The Balaban J connectivity index is 1.47. The van der Waals surface area contributed by atoms with E-state index in [-0.39, 0.29) is 36.3 Å². The molecule has 1 amide bonds. The van der Waals surface area contributed by atoms with Crippen molar-refractivity contribution in [2.45, 2.75) is 32.9 Å². The van der Waals surface area contributed by atoms with Gasteiger partial charge in [0.05, 0.1) is 12.0 Å². The van der Waals surface area contributed by atoms with Gasteiger partial charge in [-0.05, 0) is 31.5 Å². The van der Waals surface area contributed by atoms with Crippen LogP contribution in [-0.4, -0.2) is 28.4 Å². The number of carbonyl (C=O) groups is 2. The Kier molecular flexibility index (Phi) is 5.50. The molecular formula is C24H23NO6. The largest absolute Gasteiger partial charge is 0.508 e. The molecule has 2 heterocycles. The van der Waals surface area contributed by atoms with E-state index in [9.17, 15) is 19.5 Å². The van der Waals surface area contributed by atoms with Crippen LogP contribution in [0.25, 0.3) is 11.0 Å². The lowest BCUT2D eigenvalue weighted by Crippen LogP contribution is -2.29. The number of amides is 1. The molecule has 3 aromatic rings. The summed E-state index contributed by atoms with van der Waals surface area (Å²) in [5.41, 5.74) is 1.60. The quantitative estimate of drug-likeness (QED) is 0.501. The number of aromatic hydroxyl groups is 1. The molecular weight excluding hydrogens is 398 g/mol. The molecule has 1 aliphatic heterocycles. The third kappa shape index (κ3) is 4.03. The molecule has 0 spiro atoms. The highest BCUT2D eigenvalue weighted by Crippen LogP contribution is 2.30. The van der Waals surface area contributed by atoms with Gasteiger partial charge < -0.3 is 19.2 Å². The van der Waals surface area contributed by atoms with E-state index in [1.807, 2.05) is 37.3 Å². The normalized spacial score (nSPS) is 17.2. The summed E-state index contributed by atoms with van der Waals surface area (Å²) in [4.78, 5) is 38.8. The second-order valence-corrected chi connectivity index (χ2v) is 7.82. The molecule has 7 nitrogen and oxygen atoms in total. The molecule has 0 aliphatic carbocycles. The van der Waals surface area contributed by atoms with Crippen LogP contribution in [0.4, 0.5) is 0 Å². The second kappa shape index (κ2) is 8.26. The number of hydrogen-bond donors (Lipinski definition) is 1. The van der Waals surface area contributed by atoms with Crippen LogP contribution < -0.4 is 5.63 Å². The number of nitrogens with zero attached hydrogens (tertiary/aromatic N) is 1. The zero-order valence-electron chi connectivity index (χ0n) is 17.3. The fraction of sp³-hybridized carbons (Fsp3) is 0.292. The number of esters is 1. The van der Waals surface area contributed by atoms with Gasteiger partial charge in [-0.3, -0.25) is 9.59 Å². The Morgan fingerprint density at radius 3 is 2.71 bits per heavy atom. The van der Waals surface area contributed by atoms with E-state index in [1.54, 1.807) is 17.9 Å². The van der Waals surface area contributed by atoms with Gasteiger partial charge in [0.1, 0.15) is 17.9 Å². The first-order valence-electron chi connectivity index (χ1n) is 10.1. The predicted octanol–water partition coefficient (Wildman–Crippen LogP) is 3.46. The fourth-order valence-electron chi connectivity index (χ4n) is 3.98. The van der Waals surface area contributed by atoms with Crippen LogP contribution in [0.3, 0.4) is 0 Å². The SMILES string of the molecule is Cc1c(O)ccc2c(COC(=O)[C@H]3CC(=O)N([C@@H](C)c4ccccc4)C3)cc(=O)oc12. The van der Waals surface area contributed by atoms with Crippen molar-refractivity contribution in [2.75, 3.05) is 6.54 Å². The number of ether oxygens (including phenoxy) is 1. The summed E-state index contributed by atoms with van der Waals surface area (Å²) in [6.07, 6.45) is 0.0979. The van der Waals surface area contributed by atoms with Gasteiger partial charge in [0.15, 0.2) is 0 Å². The van der Waals surface area contributed by atoms with Crippen molar-refractivity contribution < 1.29 is 23.8 Å². The van der Waals surface area contributed by atoms with Crippen molar-refractivity contribution in [3.63, 3.8) is 0 Å². The molecule has 7 heteroatoms. The maximum absolute atomic E-state index is 12.7. The Morgan fingerprint density at radius 1 is 1.23 bits per heavy atom. The average Bonchev–Trinajstić information content (AvgIpc) is 3.16. The molecule has 2 aromatic carbocycles. The first-order valence-corrected chi connectivity index (χ1v) is 10.1. The first kappa shape index (κ1) is 20.7. The van der Waals surface area contributed by atoms with Crippen LogP contribution in [0.5, 0.6) is 5.75 Å². The van der Waals surface area contributed by atoms with E-state index in [2.05, 4.69) is 0 Å². The number of phenolic OH excluding ortho intramolecular Hbond substituents is 1.